The lowest BCUT2D eigenvalue weighted by molar-refractivity contribution is -0.139. The van der Waals surface area contributed by atoms with Crippen LogP contribution in [0.25, 0.3) is 22.5 Å². The first-order chi connectivity index (χ1) is 20.6. The molecule has 1 atom stereocenters. The van der Waals surface area contributed by atoms with Crippen LogP contribution in [0.15, 0.2) is 71.6 Å². The number of amides is 1. The van der Waals surface area contributed by atoms with Gasteiger partial charge in [0.05, 0.1) is 6.61 Å². The van der Waals surface area contributed by atoms with Crippen molar-refractivity contribution >= 4 is 11.9 Å². The third-order valence-corrected chi connectivity index (χ3v) is 6.99. The van der Waals surface area contributed by atoms with E-state index in [0.29, 0.717) is 11.7 Å². The fourth-order valence-electron chi connectivity index (χ4n) is 4.45. The number of hydrogen-bond donors (Lipinski definition) is 2. The van der Waals surface area contributed by atoms with Gasteiger partial charge < -0.3 is 19.6 Å². The number of hydrogen-bond acceptors (Lipinski definition) is 7. The lowest BCUT2D eigenvalue weighted by Crippen LogP contribution is -2.42. The van der Waals surface area contributed by atoms with Crippen molar-refractivity contribution in [3.8, 4) is 28.3 Å². The van der Waals surface area contributed by atoms with Crippen LogP contribution in [0.2, 0.25) is 0 Å². The van der Waals surface area contributed by atoms with E-state index in [1.54, 1.807) is 12.4 Å². The van der Waals surface area contributed by atoms with Crippen LogP contribution in [0.4, 0.5) is 0 Å². The maximum atomic E-state index is 12.6. The molecule has 0 aliphatic rings. The Kier molecular flexibility index (Phi) is 10.6. The van der Waals surface area contributed by atoms with Crippen LogP contribution < -0.4 is 10.1 Å². The molecule has 0 aliphatic heterocycles. The van der Waals surface area contributed by atoms with Crippen molar-refractivity contribution in [2.24, 2.45) is 0 Å². The predicted molar refractivity (Wildman–Crippen MR) is 165 cm³/mol. The number of ether oxygens (including phenoxy) is 1. The Hall–Kier alpha value is -4.53. The van der Waals surface area contributed by atoms with Crippen molar-refractivity contribution in [2.45, 2.75) is 77.7 Å². The summed E-state index contributed by atoms with van der Waals surface area (Å²) < 4.78 is 11.3. The number of benzene rings is 2. The van der Waals surface area contributed by atoms with Crippen molar-refractivity contribution in [3.05, 3.63) is 84.3 Å². The van der Waals surface area contributed by atoms with E-state index in [-0.39, 0.29) is 17.5 Å². The smallest absolute Gasteiger partial charge is 0.326 e. The van der Waals surface area contributed by atoms with Gasteiger partial charge in [-0.2, -0.15) is 0 Å². The van der Waals surface area contributed by atoms with Gasteiger partial charge in [0.25, 0.3) is 5.91 Å². The van der Waals surface area contributed by atoms with Gasteiger partial charge in [0, 0.05) is 35.4 Å². The van der Waals surface area contributed by atoms with Gasteiger partial charge in [0.1, 0.15) is 18.1 Å². The molecular weight excluding hydrogens is 544 g/mol. The molecule has 43 heavy (non-hydrogen) atoms. The molecule has 1 amide bonds. The zero-order valence-corrected chi connectivity index (χ0v) is 25.3. The quantitative estimate of drug-likeness (QED) is 0.154. The van der Waals surface area contributed by atoms with Crippen LogP contribution in [0.5, 0.6) is 5.75 Å². The number of oxazole rings is 1. The molecule has 0 bridgehead atoms. The lowest BCUT2D eigenvalue weighted by Gasteiger charge is -2.14. The third-order valence-electron chi connectivity index (χ3n) is 6.99. The molecule has 2 heterocycles. The van der Waals surface area contributed by atoms with Gasteiger partial charge >= 0.3 is 5.97 Å². The number of carboxylic acid groups (broad SMARTS) is 1. The number of rotatable bonds is 14. The summed E-state index contributed by atoms with van der Waals surface area (Å²) in [5.74, 6) is 0.0767. The summed E-state index contributed by atoms with van der Waals surface area (Å²) in [5, 5.41) is 12.3. The average Bonchev–Trinajstić information content (AvgIpc) is 3.51. The molecule has 0 aliphatic carbocycles. The number of aromatic nitrogens is 3. The molecule has 2 aromatic carbocycles. The minimum absolute atomic E-state index is 0.0459. The molecule has 2 N–H and O–H groups in total. The third kappa shape index (κ3) is 8.98. The molecule has 9 heteroatoms. The maximum absolute atomic E-state index is 12.6. The van der Waals surface area contributed by atoms with Gasteiger partial charge in [0.15, 0.2) is 17.4 Å². The van der Waals surface area contributed by atoms with Gasteiger partial charge in [-0.1, -0.05) is 89.8 Å². The first-order valence-corrected chi connectivity index (χ1v) is 14.8. The van der Waals surface area contributed by atoms with E-state index < -0.39 is 17.9 Å². The number of unbranched alkanes of at least 4 members (excludes halogenated alkanes) is 4. The Morgan fingerprint density at radius 3 is 2.16 bits per heavy atom. The Labute approximate surface area is 252 Å². The zero-order chi connectivity index (χ0) is 30.8. The lowest BCUT2D eigenvalue weighted by atomic mass is 9.97. The SMILES string of the molecule is CCCCCCCOc1ccc(-c2cnc(-c3ccc(CC(NC(=O)c4coc(C(C)(C)C)n4)C(=O)O)cc3)nc2)cc1. The fourth-order valence-corrected chi connectivity index (χ4v) is 4.45. The summed E-state index contributed by atoms with van der Waals surface area (Å²) in [6, 6.07) is 14.1. The van der Waals surface area contributed by atoms with E-state index in [1.165, 1.54) is 31.9 Å². The van der Waals surface area contributed by atoms with Crippen LogP contribution in [-0.2, 0) is 16.6 Å². The standard InChI is InChI=1S/C34H40N4O5/c1-5-6-7-8-9-18-42-27-16-14-24(15-17-27)26-20-35-30(36-21-26)25-12-10-23(11-13-25)19-28(32(40)41)37-31(39)29-22-43-33(38-29)34(2,3)4/h10-17,20-22,28H,5-9,18-19H2,1-4H3,(H,37,39)(H,40,41). The first-order valence-electron chi connectivity index (χ1n) is 14.8. The van der Waals surface area contributed by atoms with Gasteiger partial charge in [-0.3, -0.25) is 4.79 Å². The topological polar surface area (TPSA) is 127 Å². The molecule has 0 spiro atoms. The number of nitrogens with zero attached hydrogens (tertiary/aromatic N) is 3. The van der Waals surface area contributed by atoms with E-state index in [2.05, 4.69) is 27.2 Å². The number of carboxylic acids is 1. The highest BCUT2D eigenvalue weighted by molar-refractivity contribution is 5.94. The largest absolute Gasteiger partial charge is 0.494 e. The highest BCUT2D eigenvalue weighted by Crippen LogP contribution is 2.24. The molecule has 4 aromatic rings. The minimum atomic E-state index is -1.14. The van der Waals surface area contributed by atoms with Crippen molar-refractivity contribution in [2.75, 3.05) is 6.61 Å². The summed E-state index contributed by atoms with van der Waals surface area (Å²) in [7, 11) is 0. The van der Waals surface area contributed by atoms with E-state index in [0.717, 1.165) is 41.0 Å². The Balaban J connectivity index is 1.32. The maximum Gasteiger partial charge on any atom is 0.326 e. The number of nitrogens with one attached hydrogen (secondary N) is 1. The minimum Gasteiger partial charge on any atom is -0.494 e. The summed E-state index contributed by atoms with van der Waals surface area (Å²) in [6.07, 6.45) is 10.9. The van der Waals surface area contributed by atoms with Gasteiger partial charge in [-0.25, -0.2) is 19.7 Å². The van der Waals surface area contributed by atoms with Gasteiger partial charge in [0.2, 0.25) is 0 Å². The number of carbonyl (C=O) groups excluding carboxylic acids is 1. The Morgan fingerprint density at radius 1 is 0.907 bits per heavy atom. The van der Waals surface area contributed by atoms with Crippen molar-refractivity contribution in [1.29, 1.82) is 0 Å². The van der Waals surface area contributed by atoms with Crippen LogP contribution in [0.3, 0.4) is 0 Å². The van der Waals surface area contributed by atoms with Gasteiger partial charge in [-0.05, 0) is 29.7 Å². The van der Waals surface area contributed by atoms with Crippen molar-refractivity contribution in [1.82, 2.24) is 20.3 Å². The van der Waals surface area contributed by atoms with E-state index >= 15 is 0 Å². The molecule has 0 saturated heterocycles. The summed E-state index contributed by atoms with van der Waals surface area (Å²) in [4.78, 5) is 37.8. The van der Waals surface area contributed by atoms with Crippen LogP contribution in [0, 0.1) is 0 Å². The second-order valence-corrected chi connectivity index (χ2v) is 11.6. The molecule has 1 unspecified atom stereocenters. The zero-order valence-electron chi connectivity index (χ0n) is 25.3. The monoisotopic (exact) mass is 584 g/mol. The molecule has 0 radical (unpaired) electrons. The second kappa shape index (κ2) is 14.6. The average molecular weight is 585 g/mol. The fraction of sp³-hybridized carbons (Fsp3) is 0.382. The molecule has 226 valence electrons. The summed E-state index contributed by atoms with van der Waals surface area (Å²) in [5.41, 5.74) is 3.11. The Bertz CT molecular complexity index is 1470. The highest BCUT2D eigenvalue weighted by Gasteiger charge is 2.26. The Morgan fingerprint density at radius 2 is 1.56 bits per heavy atom. The molecule has 0 fully saturated rings. The van der Waals surface area contributed by atoms with E-state index in [1.807, 2.05) is 69.3 Å². The van der Waals surface area contributed by atoms with Crippen molar-refractivity contribution in [3.63, 3.8) is 0 Å². The van der Waals surface area contributed by atoms with Crippen LogP contribution in [-0.4, -0.2) is 44.6 Å². The summed E-state index contributed by atoms with van der Waals surface area (Å²) >= 11 is 0. The van der Waals surface area contributed by atoms with E-state index in [4.69, 9.17) is 9.15 Å². The molecule has 0 saturated carbocycles. The van der Waals surface area contributed by atoms with Crippen molar-refractivity contribution < 1.29 is 23.8 Å². The first kappa shape index (κ1) is 31.4. The second-order valence-electron chi connectivity index (χ2n) is 11.6. The van der Waals surface area contributed by atoms with Crippen LogP contribution >= 0.6 is 0 Å². The summed E-state index contributed by atoms with van der Waals surface area (Å²) in [6.45, 7) is 8.68. The van der Waals surface area contributed by atoms with Gasteiger partial charge in [-0.15, -0.1) is 0 Å². The number of aliphatic carboxylic acids is 1. The highest BCUT2D eigenvalue weighted by atomic mass is 16.5. The molecule has 2 aromatic heterocycles. The molecule has 4 rings (SSSR count). The molecule has 9 nitrogen and oxygen atoms in total. The molecular formula is C34H40N4O5. The van der Waals surface area contributed by atoms with E-state index in [9.17, 15) is 14.7 Å². The predicted octanol–water partition coefficient (Wildman–Crippen LogP) is 6.87. The van der Waals surface area contributed by atoms with Crippen LogP contribution in [0.1, 0.15) is 81.7 Å². The normalized spacial score (nSPS) is 12.1. The number of carbonyl (C=O) groups is 2.